The van der Waals surface area contributed by atoms with Gasteiger partial charge in [-0.05, 0) is 0 Å². The maximum absolute atomic E-state index is 9.70. The third-order valence-electron chi connectivity index (χ3n) is 1.09. The van der Waals surface area contributed by atoms with Crippen LogP contribution in [0.3, 0.4) is 0 Å². The Hall–Kier alpha value is 1.06. The fourth-order valence-electron chi connectivity index (χ4n) is 0.496. The van der Waals surface area contributed by atoms with E-state index in [1.165, 1.54) is 6.42 Å². The average molecular weight is 354 g/mol. The summed E-state index contributed by atoms with van der Waals surface area (Å²) in [6.07, 6.45) is 2.22. The summed E-state index contributed by atoms with van der Waals surface area (Å²) < 4.78 is 0.807. The quantitative estimate of drug-likeness (QED) is 0.367. The fraction of sp³-hybridized carbons (Fsp3) is 1.00. The normalized spacial score (nSPS) is 13.6. The molecule has 0 amide bonds. The SMILES string of the molecule is CCC(CCN=O)[I-]I. The van der Waals surface area contributed by atoms with Crippen LogP contribution in [0.2, 0.25) is 0 Å². The molecule has 0 aliphatic rings. The van der Waals surface area contributed by atoms with Crippen molar-refractivity contribution in [2.45, 2.75) is 23.7 Å². The number of nitrogens with zero attached hydrogens (tertiary/aromatic N) is 1. The van der Waals surface area contributed by atoms with E-state index in [2.05, 4.69) is 30.7 Å². The van der Waals surface area contributed by atoms with Gasteiger partial charge in [0.25, 0.3) is 0 Å². The molecule has 0 N–H and O–H groups in total. The molecule has 1 atom stereocenters. The molecule has 4 heteroatoms. The fourth-order valence-corrected chi connectivity index (χ4v) is 5.16. The minimum atomic E-state index is 0.300. The Morgan fingerprint density at radius 1 is 1.78 bits per heavy atom. The number of nitroso groups, excluding NO2 is 1. The van der Waals surface area contributed by atoms with Gasteiger partial charge in [0.1, 0.15) is 0 Å². The summed E-state index contributed by atoms with van der Waals surface area (Å²) in [6, 6.07) is 0. The van der Waals surface area contributed by atoms with Crippen LogP contribution in [0.5, 0.6) is 0 Å². The molecule has 0 saturated heterocycles. The van der Waals surface area contributed by atoms with E-state index in [0.717, 1.165) is 10.3 Å². The zero-order chi connectivity index (χ0) is 7.11. The Bertz CT molecular complexity index is 75.4. The number of rotatable bonds is 5. The van der Waals surface area contributed by atoms with Crippen molar-refractivity contribution in [2.75, 3.05) is 6.54 Å². The number of alkyl halides is 1. The monoisotopic (exact) mass is 354 g/mol. The molecule has 0 fully saturated rings. The number of hydrogen-bond donors (Lipinski definition) is 0. The molecule has 0 heterocycles. The molecule has 1 unspecified atom stereocenters. The Morgan fingerprint density at radius 3 is 2.78 bits per heavy atom. The molecular formula is C5H10I2NO-. The summed E-state index contributed by atoms with van der Waals surface area (Å²) in [4.78, 5) is 9.70. The summed E-state index contributed by atoms with van der Waals surface area (Å²) in [5.74, 6) is 0. The Labute approximate surface area is 75.6 Å². The Morgan fingerprint density at radius 2 is 2.44 bits per heavy atom. The molecule has 0 aromatic heterocycles. The zero-order valence-corrected chi connectivity index (χ0v) is 9.63. The van der Waals surface area contributed by atoms with Crippen LogP contribution in [-0.4, -0.2) is 10.5 Å². The van der Waals surface area contributed by atoms with Gasteiger partial charge in [0.05, 0.1) is 0 Å². The third kappa shape index (κ3) is 5.50. The van der Waals surface area contributed by atoms with Crippen LogP contribution in [-0.2, 0) is 0 Å². The predicted octanol–water partition coefficient (Wildman–Crippen LogP) is -0.639. The van der Waals surface area contributed by atoms with E-state index in [1.807, 2.05) is 0 Å². The molecule has 0 radical (unpaired) electrons. The predicted molar refractivity (Wildman–Crippen MR) is 43.4 cm³/mol. The van der Waals surface area contributed by atoms with E-state index in [1.54, 1.807) is 0 Å². The van der Waals surface area contributed by atoms with Crippen LogP contribution in [0.4, 0.5) is 0 Å². The van der Waals surface area contributed by atoms with E-state index in [0.29, 0.717) is 23.8 Å². The molecule has 0 aromatic carbocycles. The van der Waals surface area contributed by atoms with Gasteiger partial charge in [-0.1, -0.05) is 0 Å². The van der Waals surface area contributed by atoms with Gasteiger partial charge >= 0.3 is 76.2 Å². The summed E-state index contributed by atoms with van der Waals surface area (Å²) in [6.45, 7) is 2.69. The van der Waals surface area contributed by atoms with E-state index < -0.39 is 0 Å². The first kappa shape index (κ1) is 10.1. The van der Waals surface area contributed by atoms with Crippen LogP contribution in [0.1, 0.15) is 19.8 Å². The summed E-state index contributed by atoms with van der Waals surface area (Å²) >= 11 is 2.76. The van der Waals surface area contributed by atoms with E-state index in [4.69, 9.17) is 0 Å². The van der Waals surface area contributed by atoms with Gasteiger partial charge in [-0.15, -0.1) is 0 Å². The maximum atomic E-state index is 9.70. The zero-order valence-electron chi connectivity index (χ0n) is 5.31. The van der Waals surface area contributed by atoms with Crippen molar-refractivity contribution in [3.05, 3.63) is 4.91 Å². The Kier molecular flexibility index (Phi) is 8.01. The van der Waals surface area contributed by atoms with Gasteiger partial charge in [-0.3, -0.25) is 0 Å². The summed E-state index contributed by atoms with van der Waals surface area (Å²) in [7, 11) is 0. The summed E-state index contributed by atoms with van der Waals surface area (Å²) in [5.41, 5.74) is 0. The van der Waals surface area contributed by atoms with Crippen molar-refractivity contribution < 1.29 is 17.2 Å². The van der Waals surface area contributed by atoms with Crippen LogP contribution < -0.4 is 17.2 Å². The van der Waals surface area contributed by atoms with Gasteiger partial charge in [0.2, 0.25) is 0 Å². The van der Waals surface area contributed by atoms with Gasteiger partial charge < -0.3 is 0 Å². The Balaban J connectivity index is 3.19. The topological polar surface area (TPSA) is 29.4 Å². The third-order valence-corrected chi connectivity index (χ3v) is 7.73. The molecular weight excluding hydrogens is 344 g/mol. The van der Waals surface area contributed by atoms with Crippen molar-refractivity contribution >= 4 is 18.6 Å². The van der Waals surface area contributed by atoms with Gasteiger partial charge in [-0.25, -0.2) is 0 Å². The van der Waals surface area contributed by atoms with E-state index in [-0.39, 0.29) is 0 Å². The van der Waals surface area contributed by atoms with E-state index >= 15 is 0 Å². The van der Waals surface area contributed by atoms with Crippen molar-refractivity contribution in [1.29, 1.82) is 0 Å². The summed E-state index contributed by atoms with van der Waals surface area (Å²) in [5, 5.41) is 2.84. The van der Waals surface area contributed by atoms with Crippen molar-refractivity contribution in [3.8, 4) is 0 Å². The molecule has 0 aliphatic carbocycles. The van der Waals surface area contributed by atoms with Gasteiger partial charge in [0.15, 0.2) is 0 Å². The second kappa shape index (κ2) is 7.17. The second-order valence-electron chi connectivity index (χ2n) is 1.73. The molecule has 0 rings (SSSR count). The standard InChI is InChI=1S/C5H10I2NO/c1-2-5(7-6)3-4-8-9/h5H,2-4H2,1H3/q-1. The van der Waals surface area contributed by atoms with Crippen molar-refractivity contribution in [1.82, 2.24) is 0 Å². The van der Waals surface area contributed by atoms with E-state index in [9.17, 15) is 4.91 Å². The van der Waals surface area contributed by atoms with Crippen molar-refractivity contribution in [2.24, 2.45) is 5.18 Å². The van der Waals surface area contributed by atoms with Gasteiger partial charge in [-0.2, -0.15) is 0 Å². The van der Waals surface area contributed by atoms with Crippen molar-refractivity contribution in [3.63, 3.8) is 0 Å². The first-order valence-electron chi connectivity index (χ1n) is 2.88. The molecule has 0 aliphatic heterocycles. The van der Waals surface area contributed by atoms with Crippen LogP contribution >= 0.6 is 18.6 Å². The molecule has 56 valence electrons. The first-order valence-corrected chi connectivity index (χ1v) is 10.4. The van der Waals surface area contributed by atoms with Crippen LogP contribution in [0, 0.1) is 4.91 Å². The minimum absolute atomic E-state index is 0.300. The average Bonchev–Trinajstić information content (AvgIpc) is 1.91. The molecule has 9 heavy (non-hydrogen) atoms. The molecule has 2 nitrogen and oxygen atoms in total. The van der Waals surface area contributed by atoms with Gasteiger partial charge in [0, 0.05) is 0 Å². The molecule has 0 spiro atoms. The van der Waals surface area contributed by atoms with Crippen LogP contribution in [0.25, 0.3) is 0 Å². The second-order valence-corrected chi connectivity index (χ2v) is 7.12. The van der Waals surface area contributed by atoms with Crippen LogP contribution in [0.15, 0.2) is 5.18 Å². The first-order chi connectivity index (χ1) is 4.35. The number of hydrogen-bond acceptors (Lipinski definition) is 2. The molecule has 0 saturated carbocycles. The molecule has 0 aromatic rings. The molecule has 0 bridgehead atoms. The number of halogens is 2.